The van der Waals surface area contributed by atoms with E-state index in [1.807, 2.05) is 25.2 Å². The summed E-state index contributed by atoms with van der Waals surface area (Å²) >= 11 is 6.45. The monoisotopic (exact) mass is 376 g/mol. The van der Waals surface area contributed by atoms with E-state index in [9.17, 15) is 5.11 Å². The van der Waals surface area contributed by atoms with Crippen molar-refractivity contribution in [1.82, 2.24) is 19.6 Å². The van der Waals surface area contributed by atoms with Crippen LogP contribution < -0.4 is 0 Å². The van der Waals surface area contributed by atoms with Crippen LogP contribution in [0.4, 0.5) is 0 Å². The van der Waals surface area contributed by atoms with Gasteiger partial charge in [0.2, 0.25) is 0 Å². The Balaban J connectivity index is 1.82. The number of likely N-dealkylation sites (N-methyl/N-ethyl adjacent to an activating group) is 1. The molecule has 142 valence electrons. The van der Waals surface area contributed by atoms with Gasteiger partial charge in [0.15, 0.2) is 0 Å². The molecule has 2 atom stereocenters. The first-order valence-electron chi connectivity index (χ1n) is 9.23. The van der Waals surface area contributed by atoms with Crippen LogP contribution in [0.3, 0.4) is 0 Å². The maximum Gasteiger partial charge on any atom is 0.131 e. The zero-order chi connectivity index (χ0) is 18.9. The minimum Gasteiger partial charge on any atom is -0.389 e. The summed E-state index contributed by atoms with van der Waals surface area (Å²) in [5, 5.41) is 16.4. The molecule has 0 spiro atoms. The molecule has 0 amide bonds. The van der Waals surface area contributed by atoms with Gasteiger partial charge in [-0.15, -0.1) is 0 Å². The average molecular weight is 377 g/mol. The van der Waals surface area contributed by atoms with E-state index in [2.05, 4.69) is 48.1 Å². The molecule has 1 saturated heterocycles. The molecule has 1 aromatic carbocycles. The van der Waals surface area contributed by atoms with E-state index in [-0.39, 0.29) is 5.54 Å². The molecule has 1 aliphatic rings. The topological polar surface area (TPSA) is 44.5 Å². The van der Waals surface area contributed by atoms with Crippen molar-refractivity contribution in [2.45, 2.75) is 38.0 Å². The van der Waals surface area contributed by atoms with E-state index >= 15 is 0 Å². The predicted molar refractivity (Wildman–Crippen MR) is 105 cm³/mol. The Morgan fingerprint density at radius 1 is 1.31 bits per heavy atom. The number of piperidine rings is 1. The number of aromatic nitrogens is 2. The zero-order valence-corrected chi connectivity index (χ0v) is 16.9. The Kier molecular flexibility index (Phi) is 5.72. The Labute approximate surface area is 161 Å². The second-order valence-corrected chi connectivity index (χ2v) is 7.74. The second kappa shape index (κ2) is 7.69. The third-order valence-electron chi connectivity index (χ3n) is 5.73. The Bertz CT molecular complexity index is 746. The lowest BCUT2D eigenvalue weighted by Crippen LogP contribution is -2.59. The van der Waals surface area contributed by atoms with Gasteiger partial charge in [-0.05, 0) is 32.5 Å². The molecule has 2 aromatic rings. The zero-order valence-electron chi connectivity index (χ0n) is 16.1. The summed E-state index contributed by atoms with van der Waals surface area (Å²) in [6, 6.07) is 10.3. The van der Waals surface area contributed by atoms with Crippen molar-refractivity contribution >= 4 is 11.6 Å². The summed E-state index contributed by atoms with van der Waals surface area (Å²) in [5.74, 6) is 0. The van der Waals surface area contributed by atoms with Gasteiger partial charge >= 0.3 is 0 Å². The van der Waals surface area contributed by atoms with E-state index in [0.717, 1.165) is 37.2 Å². The molecule has 0 unspecified atom stereocenters. The van der Waals surface area contributed by atoms with Crippen LogP contribution in [-0.4, -0.2) is 58.0 Å². The second-order valence-electron chi connectivity index (χ2n) is 7.38. The van der Waals surface area contributed by atoms with Crippen LogP contribution in [0.15, 0.2) is 30.3 Å². The third kappa shape index (κ3) is 3.29. The molecule has 1 aliphatic heterocycles. The van der Waals surface area contributed by atoms with Crippen molar-refractivity contribution in [2.24, 2.45) is 7.05 Å². The van der Waals surface area contributed by atoms with Crippen LogP contribution in [-0.2, 0) is 25.6 Å². The first kappa shape index (κ1) is 19.4. The molecule has 0 saturated carbocycles. The number of aliphatic hydroxyl groups excluding tert-OH is 1. The fraction of sp³-hybridized carbons (Fsp3) is 0.550. The minimum absolute atomic E-state index is 0.357. The van der Waals surface area contributed by atoms with Crippen LogP contribution in [0.25, 0.3) is 0 Å². The smallest absolute Gasteiger partial charge is 0.131 e. The lowest BCUT2D eigenvalue weighted by atomic mass is 9.77. The van der Waals surface area contributed by atoms with Crippen molar-refractivity contribution in [3.05, 3.63) is 52.3 Å². The van der Waals surface area contributed by atoms with Gasteiger partial charge in [0.25, 0.3) is 0 Å². The Morgan fingerprint density at radius 3 is 2.58 bits per heavy atom. The number of β-amino-alcohol motifs (C(OH)–C–C–N with tert-alkyl or cyclic N) is 1. The van der Waals surface area contributed by atoms with Gasteiger partial charge in [-0.1, -0.05) is 48.9 Å². The van der Waals surface area contributed by atoms with Gasteiger partial charge in [-0.25, -0.2) is 0 Å². The SMILES string of the molecule is CCc1nn(C)c(Cl)c1CN1CC[C@@](c2ccccc2)(N(C)C)[C@H](O)C1. The lowest BCUT2D eigenvalue weighted by molar-refractivity contribution is -0.0703. The molecule has 2 heterocycles. The normalized spacial score (nSPS) is 24.3. The summed E-state index contributed by atoms with van der Waals surface area (Å²) in [5.41, 5.74) is 2.94. The Hall–Kier alpha value is -1.40. The minimum atomic E-state index is -0.478. The van der Waals surface area contributed by atoms with Crippen LogP contribution >= 0.6 is 11.6 Å². The number of aliphatic hydroxyl groups is 1. The van der Waals surface area contributed by atoms with E-state index < -0.39 is 6.10 Å². The quantitative estimate of drug-likeness (QED) is 0.871. The number of nitrogens with zero attached hydrogens (tertiary/aromatic N) is 4. The molecular formula is C20H29ClN4O. The van der Waals surface area contributed by atoms with E-state index in [1.54, 1.807) is 4.68 Å². The molecule has 3 rings (SSSR count). The van der Waals surface area contributed by atoms with Crippen LogP contribution in [0.1, 0.15) is 30.2 Å². The third-order valence-corrected chi connectivity index (χ3v) is 6.20. The number of aryl methyl sites for hydroxylation is 2. The van der Waals surface area contributed by atoms with E-state index in [1.165, 1.54) is 5.56 Å². The van der Waals surface area contributed by atoms with Crippen LogP contribution in [0.2, 0.25) is 5.15 Å². The summed E-state index contributed by atoms with van der Waals surface area (Å²) in [6.45, 7) is 4.34. The average Bonchev–Trinajstić information content (AvgIpc) is 2.90. The fourth-order valence-corrected chi connectivity index (χ4v) is 4.44. The van der Waals surface area contributed by atoms with Crippen molar-refractivity contribution in [2.75, 3.05) is 27.2 Å². The number of hydrogen-bond donors (Lipinski definition) is 1. The molecule has 1 N–H and O–H groups in total. The van der Waals surface area contributed by atoms with Gasteiger partial charge < -0.3 is 5.11 Å². The highest BCUT2D eigenvalue weighted by Crippen LogP contribution is 2.38. The molecule has 1 fully saturated rings. The molecule has 0 aliphatic carbocycles. The van der Waals surface area contributed by atoms with Gasteiger partial charge in [0.05, 0.1) is 17.3 Å². The maximum absolute atomic E-state index is 11.2. The lowest BCUT2D eigenvalue weighted by Gasteiger charge is -2.50. The molecular weight excluding hydrogens is 348 g/mol. The Morgan fingerprint density at radius 2 is 2.00 bits per heavy atom. The molecule has 26 heavy (non-hydrogen) atoms. The highest BCUT2D eigenvalue weighted by molar-refractivity contribution is 6.30. The first-order valence-corrected chi connectivity index (χ1v) is 9.61. The summed E-state index contributed by atoms with van der Waals surface area (Å²) in [4.78, 5) is 4.45. The first-order chi connectivity index (χ1) is 12.4. The standard InChI is InChI=1S/C20H29ClN4O/c1-5-17-16(19(21)24(4)22-17)13-25-12-11-20(23(2)3,18(26)14-25)15-9-7-6-8-10-15/h6-10,18,26H,5,11-14H2,1-4H3/t18-,20+/m1/s1. The summed E-state index contributed by atoms with van der Waals surface area (Å²) in [7, 11) is 5.99. The molecule has 1 aromatic heterocycles. The number of benzene rings is 1. The highest BCUT2D eigenvalue weighted by atomic mass is 35.5. The van der Waals surface area contributed by atoms with Crippen molar-refractivity contribution in [3.8, 4) is 0 Å². The largest absolute Gasteiger partial charge is 0.389 e. The molecule has 0 radical (unpaired) electrons. The number of likely N-dealkylation sites (tertiary alicyclic amines) is 1. The van der Waals surface area contributed by atoms with Gasteiger partial charge in [0.1, 0.15) is 5.15 Å². The van der Waals surface area contributed by atoms with Gasteiger partial charge in [0, 0.05) is 32.2 Å². The number of hydrogen-bond acceptors (Lipinski definition) is 4. The van der Waals surface area contributed by atoms with Gasteiger partial charge in [-0.2, -0.15) is 5.10 Å². The summed E-state index contributed by atoms with van der Waals surface area (Å²) in [6.07, 6.45) is 1.25. The predicted octanol–water partition coefficient (Wildman–Crippen LogP) is 2.66. The maximum atomic E-state index is 11.2. The molecule has 6 heteroatoms. The van der Waals surface area contributed by atoms with Crippen LogP contribution in [0.5, 0.6) is 0 Å². The van der Waals surface area contributed by atoms with Crippen LogP contribution in [0, 0.1) is 0 Å². The van der Waals surface area contributed by atoms with Crippen molar-refractivity contribution in [3.63, 3.8) is 0 Å². The highest BCUT2D eigenvalue weighted by Gasteiger charge is 2.45. The summed E-state index contributed by atoms with van der Waals surface area (Å²) < 4.78 is 1.74. The van der Waals surface area contributed by atoms with Crippen molar-refractivity contribution < 1.29 is 5.11 Å². The van der Waals surface area contributed by atoms with Gasteiger partial charge in [-0.3, -0.25) is 14.5 Å². The fourth-order valence-electron chi connectivity index (χ4n) is 4.23. The van der Waals surface area contributed by atoms with E-state index in [0.29, 0.717) is 11.7 Å². The molecule has 5 nitrogen and oxygen atoms in total. The number of halogens is 1. The number of rotatable bonds is 5. The molecule has 0 bridgehead atoms. The van der Waals surface area contributed by atoms with E-state index in [4.69, 9.17) is 11.6 Å². The van der Waals surface area contributed by atoms with Crippen molar-refractivity contribution in [1.29, 1.82) is 0 Å².